The van der Waals surface area contributed by atoms with Crippen molar-refractivity contribution in [2.24, 2.45) is 11.5 Å². The van der Waals surface area contributed by atoms with Gasteiger partial charge in [-0.05, 0) is 0 Å². The molecule has 0 fully saturated rings. The Labute approximate surface area is 82.3 Å². The van der Waals surface area contributed by atoms with Gasteiger partial charge in [0.1, 0.15) is 0 Å². The highest BCUT2D eigenvalue weighted by atomic mass is 32.2. The molecule has 1 aliphatic heterocycles. The molecule has 6 nitrogen and oxygen atoms in total. The number of sulfone groups is 1. The molecule has 2 atom stereocenters. The fourth-order valence-corrected chi connectivity index (χ4v) is 2.35. The van der Waals surface area contributed by atoms with Crippen molar-refractivity contribution in [2.45, 2.75) is 12.1 Å². The molecule has 0 bridgehead atoms. The maximum atomic E-state index is 11.0. The Kier molecular flexibility index (Phi) is 3.25. The molecular weight excluding hydrogens is 206 g/mol. The van der Waals surface area contributed by atoms with Crippen molar-refractivity contribution in [1.82, 2.24) is 5.32 Å². The van der Waals surface area contributed by atoms with Gasteiger partial charge in [0.05, 0.1) is 11.8 Å². The Hall–Kier alpha value is -0.920. The van der Waals surface area contributed by atoms with E-state index in [0.717, 1.165) is 5.41 Å². The van der Waals surface area contributed by atoms with E-state index in [1.54, 1.807) is 0 Å². The molecule has 0 aromatic rings. The fourth-order valence-electron chi connectivity index (χ4n) is 1.08. The van der Waals surface area contributed by atoms with Crippen LogP contribution in [0.5, 0.6) is 0 Å². The van der Waals surface area contributed by atoms with Gasteiger partial charge in [-0.1, -0.05) is 6.08 Å². The number of carbonyl (C=O) groups is 1. The predicted octanol–water partition coefficient (Wildman–Crippen LogP) is -2.30. The Morgan fingerprint density at radius 1 is 1.64 bits per heavy atom. The Bertz CT molecular complexity index is 349. The molecule has 0 aliphatic carbocycles. The second-order valence-corrected chi connectivity index (χ2v) is 5.11. The Morgan fingerprint density at radius 3 is 2.71 bits per heavy atom. The zero-order chi connectivity index (χ0) is 10.8. The molecule has 1 heterocycles. The molecule has 80 valence electrons. The first-order chi connectivity index (χ1) is 6.41. The van der Waals surface area contributed by atoms with Crippen LogP contribution in [-0.2, 0) is 14.6 Å². The average Bonchev–Trinajstić information content (AvgIpc) is 2.41. The van der Waals surface area contributed by atoms with Gasteiger partial charge in [0.2, 0.25) is 5.91 Å². The van der Waals surface area contributed by atoms with Crippen LogP contribution in [0.4, 0.5) is 0 Å². The minimum Gasteiger partial charge on any atom is -0.368 e. The number of rotatable bonds is 4. The monoisotopic (exact) mass is 219 g/mol. The van der Waals surface area contributed by atoms with E-state index in [9.17, 15) is 13.2 Å². The summed E-state index contributed by atoms with van der Waals surface area (Å²) < 4.78 is 21.9. The number of amides is 1. The molecule has 14 heavy (non-hydrogen) atoms. The van der Waals surface area contributed by atoms with Crippen molar-refractivity contribution >= 4 is 15.7 Å². The second kappa shape index (κ2) is 4.07. The van der Waals surface area contributed by atoms with Crippen LogP contribution in [0.3, 0.4) is 0 Å². The van der Waals surface area contributed by atoms with Crippen LogP contribution in [0.15, 0.2) is 11.5 Å². The van der Waals surface area contributed by atoms with Gasteiger partial charge in [-0.15, -0.1) is 0 Å². The first-order valence-electron chi connectivity index (χ1n) is 4.10. The summed E-state index contributed by atoms with van der Waals surface area (Å²) in [5.41, 5.74) is 10.3. The van der Waals surface area contributed by atoms with Gasteiger partial charge in [-0.25, -0.2) is 8.42 Å². The van der Waals surface area contributed by atoms with Crippen molar-refractivity contribution in [3.63, 3.8) is 0 Å². The third-order valence-corrected chi connectivity index (χ3v) is 3.29. The molecule has 0 saturated heterocycles. The molecule has 7 heteroatoms. The van der Waals surface area contributed by atoms with Crippen molar-refractivity contribution in [3.8, 4) is 0 Å². The van der Waals surface area contributed by atoms with Crippen LogP contribution in [0.25, 0.3) is 0 Å². The van der Waals surface area contributed by atoms with Gasteiger partial charge in [-0.3, -0.25) is 4.79 Å². The summed E-state index contributed by atoms with van der Waals surface area (Å²) in [5.74, 6) is -0.597. The van der Waals surface area contributed by atoms with Crippen LogP contribution >= 0.6 is 0 Å². The Balaban J connectivity index is 2.35. The lowest BCUT2D eigenvalue weighted by Gasteiger charge is -2.12. The largest absolute Gasteiger partial charge is 0.368 e. The van der Waals surface area contributed by atoms with E-state index >= 15 is 0 Å². The summed E-state index contributed by atoms with van der Waals surface area (Å²) in [6.07, 6.45) is 1.53. The van der Waals surface area contributed by atoms with E-state index in [-0.39, 0.29) is 18.3 Å². The molecule has 1 rings (SSSR count). The lowest BCUT2D eigenvalue weighted by atomic mass is 10.2. The molecule has 1 amide bonds. The fraction of sp³-hybridized carbons (Fsp3) is 0.571. The number of primary amides is 1. The van der Waals surface area contributed by atoms with E-state index < -0.39 is 21.8 Å². The molecular formula is C7H13N3O3S. The first kappa shape index (κ1) is 11.2. The van der Waals surface area contributed by atoms with Crippen LogP contribution in [0, 0.1) is 0 Å². The zero-order valence-corrected chi connectivity index (χ0v) is 8.33. The van der Waals surface area contributed by atoms with E-state index in [1.165, 1.54) is 6.08 Å². The molecule has 0 saturated carbocycles. The van der Waals surface area contributed by atoms with Crippen LogP contribution in [0.2, 0.25) is 0 Å². The molecule has 5 N–H and O–H groups in total. The van der Waals surface area contributed by atoms with Gasteiger partial charge < -0.3 is 16.8 Å². The van der Waals surface area contributed by atoms with E-state index in [2.05, 4.69) is 5.32 Å². The number of hydrogen-bond donors (Lipinski definition) is 3. The van der Waals surface area contributed by atoms with Gasteiger partial charge in [0, 0.05) is 18.0 Å². The van der Waals surface area contributed by atoms with Crippen LogP contribution in [0.1, 0.15) is 0 Å². The maximum Gasteiger partial charge on any atom is 0.235 e. The topological polar surface area (TPSA) is 115 Å². The molecule has 0 spiro atoms. The van der Waals surface area contributed by atoms with E-state index in [0.29, 0.717) is 0 Å². The quantitative estimate of drug-likeness (QED) is 0.492. The minimum absolute atomic E-state index is 0.0124. The molecule has 2 unspecified atom stereocenters. The normalized spacial score (nSPS) is 26.2. The summed E-state index contributed by atoms with van der Waals surface area (Å²) in [6, 6.07) is -1.06. The highest BCUT2D eigenvalue weighted by Gasteiger charge is 2.22. The molecule has 1 aliphatic rings. The van der Waals surface area contributed by atoms with Crippen LogP contribution in [-0.4, -0.2) is 38.7 Å². The Morgan fingerprint density at radius 2 is 2.29 bits per heavy atom. The summed E-state index contributed by atoms with van der Waals surface area (Å²) in [5, 5.41) is 3.98. The highest BCUT2D eigenvalue weighted by Crippen LogP contribution is 2.07. The van der Waals surface area contributed by atoms with Gasteiger partial charge in [0.15, 0.2) is 9.84 Å². The number of hydrogen-bond acceptors (Lipinski definition) is 5. The summed E-state index contributed by atoms with van der Waals surface area (Å²) in [6.45, 7) is 0.180. The summed E-state index contributed by atoms with van der Waals surface area (Å²) in [7, 11) is -3.06. The number of carbonyl (C=O) groups excluding carboxylic acids is 1. The molecule has 0 radical (unpaired) electrons. The zero-order valence-electron chi connectivity index (χ0n) is 7.51. The van der Waals surface area contributed by atoms with E-state index in [4.69, 9.17) is 11.5 Å². The minimum atomic E-state index is -3.06. The van der Waals surface area contributed by atoms with Gasteiger partial charge >= 0.3 is 0 Å². The molecule has 0 aromatic heterocycles. The van der Waals surface area contributed by atoms with Crippen molar-refractivity contribution in [2.75, 3.05) is 12.3 Å². The first-order valence-corrected chi connectivity index (χ1v) is 5.81. The third-order valence-electron chi connectivity index (χ3n) is 1.90. The number of nitrogens with two attached hydrogens (primary N) is 2. The SMILES string of the molecule is NC(=O)C(N)CNC1C=CS(=O)(=O)C1. The standard InChI is InChI=1S/C7H13N3O3S/c8-6(7(9)11)3-10-5-1-2-14(12,13)4-5/h1-2,5-6,10H,3-4,8H2,(H2,9,11). The average molecular weight is 219 g/mol. The van der Waals surface area contributed by atoms with Crippen molar-refractivity contribution in [1.29, 1.82) is 0 Å². The second-order valence-electron chi connectivity index (χ2n) is 3.18. The van der Waals surface area contributed by atoms with Gasteiger partial charge in [-0.2, -0.15) is 0 Å². The summed E-state index contributed by atoms with van der Waals surface area (Å²) in [4.78, 5) is 10.6. The van der Waals surface area contributed by atoms with Crippen LogP contribution < -0.4 is 16.8 Å². The smallest absolute Gasteiger partial charge is 0.235 e. The van der Waals surface area contributed by atoms with E-state index in [1.807, 2.05) is 0 Å². The third kappa shape index (κ3) is 3.09. The summed E-state index contributed by atoms with van der Waals surface area (Å²) >= 11 is 0. The lowest BCUT2D eigenvalue weighted by molar-refractivity contribution is -0.119. The van der Waals surface area contributed by atoms with Crippen molar-refractivity contribution in [3.05, 3.63) is 11.5 Å². The highest BCUT2D eigenvalue weighted by molar-refractivity contribution is 7.94. The maximum absolute atomic E-state index is 11.0. The number of nitrogens with one attached hydrogen (secondary N) is 1. The molecule has 0 aromatic carbocycles. The predicted molar refractivity (Wildman–Crippen MR) is 51.9 cm³/mol. The lowest BCUT2D eigenvalue weighted by Crippen LogP contribution is -2.47. The van der Waals surface area contributed by atoms with Gasteiger partial charge in [0.25, 0.3) is 0 Å². The van der Waals surface area contributed by atoms with Crippen molar-refractivity contribution < 1.29 is 13.2 Å².